The first-order valence-corrected chi connectivity index (χ1v) is 11.9. The van der Waals surface area contributed by atoms with E-state index in [0.29, 0.717) is 46.1 Å². The second-order valence-electron chi connectivity index (χ2n) is 7.62. The molecular formula is C21H28N2O6S. The summed E-state index contributed by atoms with van der Waals surface area (Å²) in [6.07, 6.45) is 5.82. The molecule has 0 radical (unpaired) electrons. The van der Waals surface area contributed by atoms with Crippen LogP contribution in [0.1, 0.15) is 24.8 Å². The zero-order valence-corrected chi connectivity index (χ0v) is 17.8. The summed E-state index contributed by atoms with van der Waals surface area (Å²) in [6.45, 7) is 3.38. The molecule has 1 atom stereocenters. The van der Waals surface area contributed by atoms with Crippen molar-refractivity contribution in [2.75, 3.05) is 46.1 Å². The Morgan fingerprint density at radius 1 is 0.967 bits per heavy atom. The van der Waals surface area contributed by atoms with E-state index >= 15 is 0 Å². The number of nitrogens with zero attached hydrogens (tertiary/aromatic N) is 2. The van der Waals surface area contributed by atoms with Crippen LogP contribution in [0.2, 0.25) is 0 Å². The van der Waals surface area contributed by atoms with Crippen LogP contribution in [0.4, 0.5) is 0 Å². The number of morpholine rings is 1. The summed E-state index contributed by atoms with van der Waals surface area (Å²) in [5.41, 5.74) is 0.770. The van der Waals surface area contributed by atoms with Crippen molar-refractivity contribution < 1.29 is 27.4 Å². The lowest BCUT2D eigenvalue weighted by atomic mass is 10.0. The fraction of sp³-hybridized carbons (Fsp3) is 0.571. The third kappa shape index (κ3) is 4.76. The van der Waals surface area contributed by atoms with E-state index in [2.05, 4.69) is 0 Å². The molecule has 1 unspecified atom stereocenters. The first kappa shape index (κ1) is 21.5. The summed E-state index contributed by atoms with van der Waals surface area (Å²) >= 11 is 0. The number of likely N-dealkylation sites (tertiary alicyclic amines) is 1. The van der Waals surface area contributed by atoms with E-state index in [1.165, 1.54) is 4.31 Å². The molecule has 0 spiro atoms. The fourth-order valence-corrected chi connectivity index (χ4v) is 5.47. The number of benzene rings is 1. The Labute approximate surface area is 177 Å². The maximum absolute atomic E-state index is 12.8. The number of piperidine rings is 1. The highest BCUT2D eigenvalue weighted by Crippen LogP contribution is 2.25. The number of carbonyl (C=O) groups is 1. The molecule has 3 heterocycles. The number of carbonyl (C=O) groups excluding carboxylic acids is 1. The molecule has 3 aliphatic rings. The van der Waals surface area contributed by atoms with Gasteiger partial charge in [-0.3, -0.25) is 4.79 Å². The van der Waals surface area contributed by atoms with Gasteiger partial charge in [0.25, 0.3) is 0 Å². The van der Waals surface area contributed by atoms with Gasteiger partial charge in [-0.15, -0.1) is 0 Å². The van der Waals surface area contributed by atoms with E-state index in [1.807, 2.05) is 4.90 Å². The van der Waals surface area contributed by atoms with Crippen molar-refractivity contribution in [3.63, 3.8) is 0 Å². The summed E-state index contributed by atoms with van der Waals surface area (Å²) in [5, 5.41) is 0. The normalized spacial score (nSPS) is 24.5. The van der Waals surface area contributed by atoms with E-state index in [1.54, 1.807) is 36.4 Å². The van der Waals surface area contributed by atoms with Crippen LogP contribution in [-0.2, 0) is 29.0 Å². The van der Waals surface area contributed by atoms with Crippen LogP contribution in [-0.4, -0.2) is 81.9 Å². The smallest absolute Gasteiger partial charge is 0.246 e. The maximum atomic E-state index is 12.8. The van der Waals surface area contributed by atoms with Crippen LogP contribution in [0.5, 0.6) is 0 Å². The maximum Gasteiger partial charge on any atom is 0.246 e. The van der Waals surface area contributed by atoms with Gasteiger partial charge in [-0.1, -0.05) is 12.1 Å². The summed E-state index contributed by atoms with van der Waals surface area (Å²) in [5.74, 6) is -0.0798. The lowest BCUT2D eigenvalue weighted by Gasteiger charge is -2.37. The van der Waals surface area contributed by atoms with Crippen LogP contribution in [0.25, 0.3) is 6.08 Å². The molecule has 1 aromatic rings. The van der Waals surface area contributed by atoms with Gasteiger partial charge in [0.2, 0.25) is 15.9 Å². The molecule has 8 nitrogen and oxygen atoms in total. The lowest BCUT2D eigenvalue weighted by Crippen LogP contribution is -2.49. The molecule has 0 aromatic heterocycles. The number of rotatable bonds is 5. The van der Waals surface area contributed by atoms with Crippen LogP contribution in [0.15, 0.2) is 35.2 Å². The Morgan fingerprint density at radius 3 is 2.37 bits per heavy atom. The van der Waals surface area contributed by atoms with E-state index in [0.717, 1.165) is 24.8 Å². The van der Waals surface area contributed by atoms with Crippen molar-refractivity contribution in [2.45, 2.75) is 36.5 Å². The van der Waals surface area contributed by atoms with Crippen molar-refractivity contribution in [3.8, 4) is 0 Å². The number of hydrogen-bond donors (Lipinski definition) is 0. The minimum absolute atomic E-state index is 0.0561. The van der Waals surface area contributed by atoms with Gasteiger partial charge in [-0.05, 0) is 43.0 Å². The van der Waals surface area contributed by atoms with Crippen LogP contribution in [0.3, 0.4) is 0 Å². The van der Waals surface area contributed by atoms with E-state index in [4.69, 9.17) is 14.2 Å². The molecule has 0 saturated carbocycles. The Balaban J connectivity index is 1.41. The molecule has 164 valence electrons. The highest BCUT2D eigenvalue weighted by molar-refractivity contribution is 7.89. The summed E-state index contributed by atoms with van der Waals surface area (Å²) < 4.78 is 43.3. The topological polar surface area (TPSA) is 85.4 Å². The molecule has 9 heteroatoms. The van der Waals surface area contributed by atoms with Crippen molar-refractivity contribution in [1.29, 1.82) is 0 Å². The average Bonchev–Trinajstić information content (AvgIpc) is 3.33. The highest BCUT2D eigenvalue weighted by atomic mass is 32.2. The Kier molecular flexibility index (Phi) is 6.84. The van der Waals surface area contributed by atoms with Gasteiger partial charge in [0.05, 0.1) is 37.4 Å². The second kappa shape index (κ2) is 9.57. The van der Waals surface area contributed by atoms with E-state index in [-0.39, 0.29) is 23.1 Å². The van der Waals surface area contributed by atoms with Gasteiger partial charge < -0.3 is 19.1 Å². The van der Waals surface area contributed by atoms with Gasteiger partial charge in [0.15, 0.2) is 6.29 Å². The zero-order chi connectivity index (χ0) is 21.0. The molecule has 4 rings (SSSR count). The molecule has 0 N–H and O–H groups in total. The number of sulfonamides is 1. The monoisotopic (exact) mass is 436 g/mol. The molecular weight excluding hydrogens is 408 g/mol. The Bertz CT molecular complexity index is 858. The minimum Gasteiger partial charge on any atom is -0.379 e. The SMILES string of the molecule is O=C(/C=C/c1ccc(S(=O)(=O)N2CCOCC2)cc1)N1CCCCC1C1OCCO1. The number of ether oxygens (including phenoxy) is 3. The second-order valence-corrected chi connectivity index (χ2v) is 9.56. The standard InChI is InChI=1S/C21H28N2O6S/c24-20(23-10-2-1-3-19(23)21-28-15-16-29-21)9-6-17-4-7-18(8-5-17)30(25,26)22-11-13-27-14-12-22/h4-9,19,21H,1-3,10-16H2/b9-6+. The molecule has 1 aromatic carbocycles. The predicted molar refractivity (Wildman–Crippen MR) is 110 cm³/mol. The van der Waals surface area contributed by atoms with Gasteiger partial charge in [-0.2, -0.15) is 4.31 Å². The minimum atomic E-state index is -3.52. The highest BCUT2D eigenvalue weighted by Gasteiger charge is 2.35. The van der Waals surface area contributed by atoms with Gasteiger partial charge in [0, 0.05) is 25.7 Å². The molecule has 3 saturated heterocycles. The van der Waals surface area contributed by atoms with E-state index < -0.39 is 10.0 Å². The largest absolute Gasteiger partial charge is 0.379 e. The molecule has 3 aliphatic heterocycles. The Hall–Kier alpha value is -1.78. The van der Waals surface area contributed by atoms with Crippen molar-refractivity contribution >= 4 is 22.0 Å². The van der Waals surface area contributed by atoms with Crippen LogP contribution < -0.4 is 0 Å². The lowest BCUT2D eigenvalue weighted by molar-refractivity contribution is -0.145. The van der Waals surface area contributed by atoms with Crippen molar-refractivity contribution in [1.82, 2.24) is 9.21 Å². The molecule has 0 bridgehead atoms. The zero-order valence-electron chi connectivity index (χ0n) is 16.9. The van der Waals surface area contributed by atoms with Gasteiger partial charge >= 0.3 is 0 Å². The molecule has 0 aliphatic carbocycles. The molecule has 1 amide bonds. The van der Waals surface area contributed by atoms with Gasteiger partial charge in [-0.25, -0.2) is 8.42 Å². The summed E-state index contributed by atoms with van der Waals surface area (Å²) in [4.78, 5) is 14.9. The van der Waals surface area contributed by atoms with E-state index in [9.17, 15) is 13.2 Å². The van der Waals surface area contributed by atoms with Crippen LogP contribution >= 0.6 is 0 Å². The molecule has 30 heavy (non-hydrogen) atoms. The first-order chi connectivity index (χ1) is 14.6. The quantitative estimate of drug-likeness (QED) is 0.650. The summed E-state index contributed by atoms with van der Waals surface area (Å²) in [6, 6.07) is 6.54. The number of amides is 1. The Morgan fingerprint density at radius 2 is 1.67 bits per heavy atom. The summed E-state index contributed by atoms with van der Waals surface area (Å²) in [7, 11) is -3.52. The van der Waals surface area contributed by atoms with Gasteiger partial charge in [0.1, 0.15) is 0 Å². The first-order valence-electron chi connectivity index (χ1n) is 10.5. The fourth-order valence-electron chi connectivity index (χ4n) is 4.06. The molecule has 3 fully saturated rings. The van der Waals surface area contributed by atoms with Crippen LogP contribution in [0, 0.1) is 0 Å². The van der Waals surface area contributed by atoms with Crippen molar-refractivity contribution in [2.24, 2.45) is 0 Å². The third-order valence-electron chi connectivity index (χ3n) is 5.70. The number of hydrogen-bond acceptors (Lipinski definition) is 6. The third-order valence-corrected chi connectivity index (χ3v) is 7.61. The predicted octanol–water partition coefficient (Wildman–Crippen LogP) is 1.47. The van der Waals surface area contributed by atoms with Crippen molar-refractivity contribution in [3.05, 3.63) is 35.9 Å². The average molecular weight is 437 g/mol.